The summed E-state index contributed by atoms with van der Waals surface area (Å²) in [5, 5.41) is 26.4. The Morgan fingerprint density at radius 1 is 0.500 bits per heavy atom. The van der Waals surface area contributed by atoms with Crippen molar-refractivity contribution in [1.82, 2.24) is 0 Å². The van der Waals surface area contributed by atoms with E-state index < -0.39 is 36.4 Å². The van der Waals surface area contributed by atoms with Crippen molar-refractivity contribution in [1.29, 1.82) is 0 Å². The van der Waals surface area contributed by atoms with Crippen molar-refractivity contribution in [3.63, 3.8) is 0 Å². The zero-order chi connectivity index (χ0) is 18.2. The van der Waals surface area contributed by atoms with Crippen molar-refractivity contribution >= 4 is 37.7 Å². The number of aliphatic carboxylic acids is 3. The SMILES string of the molecule is O=C([O-])C(F)(F)F.O=C([O-])C(F)(F)F.O=C([O-])C(F)(F)F.[Ga+3]. The smallest absolute Gasteiger partial charge is 0.542 e. The largest absolute Gasteiger partial charge is 3.00 e. The Morgan fingerprint density at radius 2 is 0.545 bits per heavy atom. The van der Waals surface area contributed by atoms with Crippen LogP contribution in [-0.4, -0.2) is 56.2 Å². The third-order valence-electron chi connectivity index (χ3n) is 0.694. The molecule has 0 fully saturated rings. The van der Waals surface area contributed by atoms with Gasteiger partial charge in [-0.1, -0.05) is 0 Å². The molecule has 0 saturated heterocycles. The first-order chi connectivity index (χ1) is 8.83. The molecule has 0 amide bonds. The number of carbonyl (C=O) groups is 3. The first kappa shape index (κ1) is 28.6. The van der Waals surface area contributed by atoms with Gasteiger partial charge < -0.3 is 29.7 Å². The van der Waals surface area contributed by atoms with Gasteiger partial charge in [0.15, 0.2) is 0 Å². The Labute approximate surface area is 126 Å². The first-order valence-electron chi connectivity index (χ1n) is 3.68. The molecule has 0 N–H and O–H groups in total. The van der Waals surface area contributed by atoms with Gasteiger partial charge >= 0.3 is 38.3 Å². The first-order valence-corrected chi connectivity index (χ1v) is 3.68. The molecule has 0 aromatic rings. The summed E-state index contributed by atoms with van der Waals surface area (Å²) in [6.07, 6.45) is -15.6. The van der Waals surface area contributed by atoms with Crippen molar-refractivity contribution in [2.75, 3.05) is 0 Å². The molecule has 0 radical (unpaired) electrons. The molecule has 0 atom stereocenters. The number of hydrogen-bond donors (Lipinski definition) is 0. The zero-order valence-corrected chi connectivity index (χ0v) is 11.9. The summed E-state index contributed by atoms with van der Waals surface area (Å²) >= 11 is 0. The molecule has 0 aromatic carbocycles. The van der Waals surface area contributed by atoms with Crippen LogP contribution in [0.5, 0.6) is 0 Å². The fourth-order valence-electron chi connectivity index (χ4n) is 0. The van der Waals surface area contributed by atoms with Crippen molar-refractivity contribution in [2.45, 2.75) is 18.5 Å². The number of carbonyl (C=O) groups excluding carboxylic acids is 3. The predicted molar refractivity (Wildman–Crippen MR) is 38.9 cm³/mol. The van der Waals surface area contributed by atoms with E-state index in [0.29, 0.717) is 0 Å². The third kappa shape index (κ3) is 20.7. The number of carboxylic acids is 3. The van der Waals surface area contributed by atoms with E-state index in [0.717, 1.165) is 0 Å². The van der Waals surface area contributed by atoms with Crippen LogP contribution in [0.15, 0.2) is 0 Å². The summed E-state index contributed by atoms with van der Waals surface area (Å²) in [7, 11) is 0. The molecule has 0 aliphatic heterocycles. The van der Waals surface area contributed by atoms with Crippen LogP contribution >= 0.6 is 0 Å². The molecule has 22 heavy (non-hydrogen) atoms. The Balaban J connectivity index is -0.000000108. The van der Waals surface area contributed by atoms with E-state index in [4.69, 9.17) is 29.7 Å². The van der Waals surface area contributed by atoms with Crippen LogP contribution in [-0.2, 0) is 14.4 Å². The molecule has 0 unspecified atom stereocenters. The standard InChI is InChI=1S/3C2HF3O2.Ga/c3*3-2(4,5)1(6)7;/h3*(H,6,7);/q;;;+3/p-3. The normalized spacial score (nSPS) is 10.8. The summed E-state index contributed by atoms with van der Waals surface area (Å²) in [6, 6.07) is 0. The van der Waals surface area contributed by atoms with Gasteiger partial charge in [0.2, 0.25) is 0 Å². The van der Waals surface area contributed by atoms with Crippen LogP contribution in [0.1, 0.15) is 0 Å². The van der Waals surface area contributed by atoms with Crippen molar-refractivity contribution < 1.29 is 69.2 Å². The van der Waals surface area contributed by atoms with Gasteiger partial charge in [0, 0.05) is 0 Å². The molecular weight excluding hydrogens is 409 g/mol. The summed E-state index contributed by atoms with van der Waals surface area (Å²) in [5.41, 5.74) is 0. The minimum atomic E-state index is -5.19. The molecule has 0 aliphatic carbocycles. The molecule has 16 heteroatoms. The van der Waals surface area contributed by atoms with E-state index in [1.165, 1.54) is 0 Å². The second-order valence-electron chi connectivity index (χ2n) is 2.36. The topological polar surface area (TPSA) is 120 Å². The number of rotatable bonds is 0. The van der Waals surface area contributed by atoms with E-state index in [-0.39, 0.29) is 19.8 Å². The summed E-state index contributed by atoms with van der Waals surface area (Å²) in [5.74, 6) is -9.02. The quantitative estimate of drug-likeness (QED) is 0.323. The number of halogens is 9. The van der Waals surface area contributed by atoms with Gasteiger partial charge in [-0.2, -0.15) is 39.5 Å². The Hall–Kier alpha value is -1.58. The van der Waals surface area contributed by atoms with Gasteiger partial charge in [-0.25, -0.2) is 0 Å². The van der Waals surface area contributed by atoms with Crippen molar-refractivity contribution in [2.24, 2.45) is 0 Å². The summed E-state index contributed by atoms with van der Waals surface area (Å²) < 4.78 is 94.6. The van der Waals surface area contributed by atoms with Crippen molar-refractivity contribution in [3.8, 4) is 0 Å². The van der Waals surface area contributed by atoms with E-state index in [2.05, 4.69) is 0 Å². The van der Waals surface area contributed by atoms with E-state index in [1.807, 2.05) is 0 Å². The van der Waals surface area contributed by atoms with E-state index >= 15 is 0 Å². The number of carboxylic acid groups (broad SMARTS) is 3. The fourth-order valence-corrected chi connectivity index (χ4v) is 0. The Bertz CT molecular complexity index is 313. The summed E-state index contributed by atoms with van der Waals surface area (Å²) in [4.78, 5) is 26.4. The Kier molecular flexibility index (Phi) is 13.2. The van der Waals surface area contributed by atoms with Crippen LogP contribution in [0.2, 0.25) is 0 Å². The average molecular weight is 409 g/mol. The van der Waals surface area contributed by atoms with Gasteiger partial charge in [0.05, 0.1) is 0 Å². The summed E-state index contributed by atoms with van der Waals surface area (Å²) in [6.45, 7) is 0. The second kappa shape index (κ2) is 10.2. The van der Waals surface area contributed by atoms with Crippen LogP contribution in [0.25, 0.3) is 0 Å². The van der Waals surface area contributed by atoms with Gasteiger partial charge in [0.1, 0.15) is 17.9 Å². The third-order valence-corrected chi connectivity index (χ3v) is 0.694. The molecular formula is C6F9GaO6. The van der Waals surface area contributed by atoms with Crippen LogP contribution in [0.4, 0.5) is 39.5 Å². The van der Waals surface area contributed by atoms with E-state index in [1.54, 1.807) is 0 Å². The van der Waals surface area contributed by atoms with E-state index in [9.17, 15) is 39.5 Å². The molecule has 0 bridgehead atoms. The molecule has 0 aliphatic rings. The molecule has 0 heterocycles. The molecule has 0 rings (SSSR count). The zero-order valence-electron chi connectivity index (χ0n) is 9.43. The fraction of sp³-hybridized carbons (Fsp3) is 0.500. The maximum atomic E-state index is 10.5. The maximum absolute atomic E-state index is 10.5. The van der Waals surface area contributed by atoms with Gasteiger partial charge in [-0.3, -0.25) is 0 Å². The van der Waals surface area contributed by atoms with Gasteiger partial charge in [-0.05, 0) is 0 Å². The Morgan fingerprint density at radius 3 is 0.545 bits per heavy atom. The van der Waals surface area contributed by atoms with Gasteiger partial charge in [-0.15, -0.1) is 0 Å². The maximum Gasteiger partial charge on any atom is 3.00 e. The van der Waals surface area contributed by atoms with Gasteiger partial charge in [0.25, 0.3) is 0 Å². The minimum Gasteiger partial charge on any atom is -0.542 e. The molecule has 0 saturated carbocycles. The van der Waals surface area contributed by atoms with Crippen LogP contribution in [0, 0.1) is 0 Å². The predicted octanol–water partition coefficient (Wildman–Crippen LogP) is -2.49. The minimum absolute atomic E-state index is 0. The monoisotopic (exact) mass is 408 g/mol. The van der Waals surface area contributed by atoms with Crippen molar-refractivity contribution in [3.05, 3.63) is 0 Å². The molecule has 0 aromatic heterocycles. The van der Waals surface area contributed by atoms with Crippen LogP contribution < -0.4 is 15.3 Å². The molecule has 6 nitrogen and oxygen atoms in total. The van der Waals surface area contributed by atoms with Crippen LogP contribution in [0.3, 0.4) is 0 Å². The second-order valence-corrected chi connectivity index (χ2v) is 2.36. The molecule has 126 valence electrons. The molecule has 0 spiro atoms. The number of hydrogen-bond acceptors (Lipinski definition) is 6. The number of alkyl halides is 9. The average Bonchev–Trinajstić information content (AvgIpc) is 2.14.